The van der Waals surface area contributed by atoms with Gasteiger partial charge in [-0.15, -0.1) is 0 Å². The van der Waals surface area contributed by atoms with E-state index >= 15 is 0 Å². The summed E-state index contributed by atoms with van der Waals surface area (Å²) in [7, 11) is -1.43. The number of amides is 1. The number of aromatic nitrogens is 1. The molecule has 25 heavy (non-hydrogen) atoms. The molecule has 1 N–H and O–H groups in total. The number of hydrogen-bond acceptors (Lipinski definition) is 6. The molecule has 1 aromatic carbocycles. The van der Waals surface area contributed by atoms with Crippen LogP contribution in [0.5, 0.6) is 5.75 Å². The van der Waals surface area contributed by atoms with Crippen LogP contribution in [-0.4, -0.2) is 44.0 Å². The third-order valence-corrected chi connectivity index (χ3v) is 5.92. The Bertz CT molecular complexity index is 871. The Hall–Kier alpha value is -2.35. The molecule has 8 heteroatoms. The van der Waals surface area contributed by atoms with Crippen LogP contribution in [0.4, 0.5) is 0 Å². The molecular formula is C17H20N2O5S. The molecule has 3 rings (SSSR count). The Labute approximate surface area is 146 Å². The van der Waals surface area contributed by atoms with Gasteiger partial charge in [-0.2, -0.15) is 0 Å². The normalized spacial score (nSPS) is 18.9. The SMILES string of the molecule is COc1ccc(-c2nc(CC(=O)NC3CCS(=O)(=O)C3)c(C)o2)cc1. The Balaban J connectivity index is 1.66. The average Bonchev–Trinajstić information content (AvgIpc) is 3.10. The molecular weight excluding hydrogens is 344 g/mol. The second kappa shape index (κ2) is 6.87. The highest BCUT2D eigenvalue weighted by molar-refractivity contribution is 7.91. The fraction of sp³-hybridized carbons (Fsp3) is 0.412. The molecule has 1 unspecified atom stereocenters. The fourth-order valence-corrected chi connectivity index (χ4v) is 4.46. The summed E-state index contributed by atoms with van der Waals surface area (Å²) >= 11 is 0. The van der Waals surface area contributed by atoms with E-state index < -0.39 is 9.84 Å². The van der Waals surface area contributed by atoms with Crippen molar-refractivity contribution < 1.29 is 22.4 Å². The number of hydrogen-bond donors (Lipinski definition) is 1. The molecule has 0 saturated carbocycles. The molecule has 1 atom stereocenters. The van der Waals surface area contributed by atoms with Crippen molar-refractivity contribution in [1.29, 1.82) is 0 Å². The second-order valence-corrected chi connectivity index (χ2v) is 8.32. The molecule has 7 nitrogen and oxygen atoms in total. The predicted octanol–water partition coefficient (Wildman–Crippen LogP) is 1.50. The molecule has 1 saturated heterocycles. The number of oxazole rings is 1. The minimum Gasteiger partial charge on any atom is -0.497 e. The molecule has 1 aliphatic heterocycles. The lowest BCUT2D eigenvalue weighted by atomic mass is 10.2. The fourth-order valence-electron chi connectivity index (χ4n) is 2.79. The summed E-state index contributed by atoms with van der Waals surface area (Å²) in [6.45, 7) is 1.75. The Morgan fingerprint density at radius 1 is 1.36 bits per heavy atom. The lowest BCUT2D eigenvalue weighted by molar-refractivity contribution is -0.121. The summed E-state index contributed by atoms with van der Waals surface area (Å²) in [5, 5.41) is 2.76. The molecule has 134 valence electrons. The summed E-state index contributed by atoms with van der Waals surface area (Å²) in [5.74, 6) is 1.63. The van der Waals surface area contributed by atoms with Crippen LogP contribution in [0.2, 0.25) is 0 Å². The molecule has 0 bridgehead atoms. The zero-order valence-corrected chi connectivity index (χ0v) is 14.9. The summed E-state index contributed by atoms with van der Waals surface area (Å²) in [5.41, 5.74) is 1.33. The van der Waals surface area contributed by atoms with Gasteiger partial charge in [0.05, 0.1) is 30.7 Å². The van der Waals surface area contributed by atoms with Gasteiger partial charge in [0.2, 0.25) is 11.8 Å². The van der Waals surface area contributed by atoms with Crippen LogP contribution in [0, 0.1) is 6.92 Å². The summed E-state index contributed by atoms with van der Waals surface area (Å²) in [4.78, 5) is 16.5. The van der Waals surface area contributed by atoms with Crippen LogP contribution in [0.3, 0.4) is 0 Å². The topological polar surface area (TPSA) is 98.5 Å². The van der Waals surface area contributed by atoms with Crippen LogP contribution in [0.25, 0.3) is 11.5 Å². The Morgan fingerprint density at radius 3 is 2.68 bits per heavy atom. The monoisotopic (exact) mass is 364 g/mol. The minimum atomic E-state index is -3.02. The zero-order valence-electron chi connectivity index (χ0n) is 14.1. The first-order chi connectivity index (χ1) is 11.9. The summed E-state index contributed by atoms with van der Waals surface area (Å²) in [6.07, 6.45) is 0.519. The van der Waals surface area contributed by atoms with E-state index in [0.717, 1.165) is 11.3 Å². The number of rotatable bonds is 5. The van der Waals surface area contributed by atoms with Gasteiger partial charge in [0, 0.05) is 11.6 Å². The van der Waals surface area contributed by atoms with E-state index in [9.17, 15) is 13.2 Å². The van der Waals surface area contributed by atoms with Crippen LogP contribution >= 0.6 is 0 Å². The third kappa shape index (κ3) is 4.19. The number of aryl methyl sites for hydroxylation is 1. The van der Waals surface area contributed by atoms with Crippen LogP contribution in [0.15, 0.2) is 28.7 Å². The average molecular weight is 364 g/mol. The number of methoxy groups -OCH3 is 1. The highest BCUT2D eigenvalue weighted by atomic mass is 32.2. The van der Waals surface area contributed by atoms with Crippen molar-refractivity contribution in [1.82, 2.24) is 10.3 Å². The highest BCUT2D eigenvalue weighted by Crippen LogP contribution is 2.24. The van der Waals surface area contributed by atoms with Gasteiger partial charge >= 0.3 is 0 Å². The van der Waals surface area contributed by atoms with Crippen LogP contribution in [-0.2, 0) is 21.1 Å². The zero-order chi connectivity index (χ0) is 18.0. The molecule has 1 aliphatic rings. The highest BCUT2D eigenvalue weighted by Gasteiger charge is 2.29. The maximum absolute atomic E-state index is 12.2. The Kier molecular flexibility index (Phi) is 4.80. The summed E-state index contributed by atoms with van der Waals surface area (Å²) < 4.78 is 33.7. The molecule has 0 radical (unpaired) electrons. The van der Waals surface area contributed by atoms with Gasteiger partial charge in [0.25, 0.3) is 0 Å². The van der Waals surface area contributed by atoms with Crippen molar-refractivity contribution in [2.24, 2.45) is 0 Å². The van der Waals surface area contributed by atoms with E-state index in [1.54, 1.807) is 14.0 Å². The van der Waals surface area contributed by atoms with Crippen LogP contribution in [0.1, 0.15) is 17.9 Å². The summed E-state index contributed by atoms with van der Waals surface area (Å²) in [6, 6.07) is 6.96. The van der Waals surface area contributed by atoms with Crippen molar-refractivity contribution in [2.75, 3.05) is 18.6 Å². The lowest BCUT2D eigenvalue weighted by Crippen LogP contribution is -2.36. The number of benzene rings is 1. The van der Waals surface area contributed by atoms with E-state index in [4.69, 9.17) is 9.15 Å². The van der Waals surface area contributed by atoms with Crippen molar-refractivity contribution >= 4 is 15.7 Å². The number of nitrogens with one attached hydrogen (secondary N) is 1. The number of carbonyl (C=O) groups excluding carboxylic acids is 1. The predicted molar refractivity (Wildman–Crippen MR) is 92.1 cm³/mol. The smallest absolute Gasteiger partial charge is 0.226 e. The number of sulfone groups is 1. The van der Waals surface area contributed by atoms with E-state index in [0.29, 0.717) is 23.8 Å². The third-order valence-electron chi connectivity index (χ3n) is 4.16. The van der Waals surface area contributed by atoms with Gasteiger partial charge in [-0.3, -0.25) is 4.79 Å². The van der Waals surface area contributed by atoms with E-state index in [2.05, 4.69) is 10.3 Å². The second-order valence-electron chi connectivity index (χ2n) is 6.09. The van der Waals surface area contributed by atoms with E-state index in [1.165, 1.54) is 0 Å². The van der Waals surface area contributed by atoms with Gasteiger partial charge in [-0.25, -0.2) is 13.4 Å². The van der Waals surface area contributed by atoms with Crippen molar-refractivity contribution in [3.8, 4) is 17.2 Å². The van der Waals surface area contributed by atoms with Crippen molar-refractivity contribution in [3.63, 3.8) is 0 Å². The largest absolute Gasteiger partial charge is 0.497 e. The first-order valence-corrected chi connectivity index (χ1v) is 9.79. The first kappa shape index (κ1) is 17.5. The molecule has 2 heterocycles. The standard InChI is InChI=1S/C17H20N2O5S/c1-11-15(9-16(20)18-13-7-8-25(21,22)10-13)19-17(24-11)12-3-5-14(23-2)6-4-12/h3-6,13H,7-10H2,1-2H3,(H,18,20). The van der Waals surface area contributed by atoms with Crippen molar-refractivity contribution in [3.05, 3.63) is 35.7 Å². The maximum atomic E-state index is 12.2. The lowest BCUT2D eigenvalue weighted by Gasteiger charge is -2.09. The van der Waals surface area contributed by atoms with Gasteiger partial charge in [-0.05, 0) is 37.6 Å². The van der Waals surface area contributed by atoms with E-state index in [1.807, 2.05) is 24.3 Å². The van der Waals surface area contributed by atoms with Gasteiger partial charge < -0.3 is 14.5 Å². The number of nitrogens with zero attached hydrogens (tertiary/aromatic N) is 1. The molecule has 0 spiro atoms. The van der Waals surface area contributed by atoms with Crippen LogP contribution < -0.4 is 10.1 Å². The van der Waals surface area contributed by atoms with Gasteiger partial charge in [-0.1, -0.05) is 0 Å². The quantitative estimate of drug-likeness (QED) is 0.863. The Morgan fingerprint density at radius 2 is 2.08 bits per heavy atom. The van der Waals surface area contributed by atoms with Gasteiger partial charge in [0.15, 0.2) is 9.84 Å². The molecule has 1 fully saturated rings. The van der Waals surface area contributed by atoms with Crippen molar-refractivity contribution in [2.45, 2.75) is 25.8 Å². The molecule has 0 aliphatic carbocycles. The molecule has 2 aromatic rings. The molecule has 1 amide bonds. The maximum Gasteiger partial charge on any atom is 0.226 e. The van der Waals surface area contributed by atoms with Gasteiger partial charge in [0.1, 0.15) is 11.5 Å². The minimum absolute atomic E-state index is 0.00758. The number of ether oxygens (including phenoxy) is 1. The number of carbonyl (C=O) groups is 1. The molecule has 1 aromatic heterocycles. The first-order valence-electron chi connectivity index (χ1n) is 7.97. The van der Waals surface area contributed by atoms with E-state index in [-0.39, 0.29) is 29.9 Å².